The fourth-order valence-electron chi connectivity index (χ4n) is 3.14. The van der Waals surface area contributed by atoms with E-state index in [-0.39, 0.29) is 12.3 Å². The van der Waals surface area contributed by atoms with Gasteiger partial charge in [0.2, 0.25) is 0 Å². The number of azide groups is 1. The van der Waals surface area contributed by atoms with E-state index in [0.29, 0.717) is 38.6 Å². The molecule has 0 radical (unpaired) electrons. The van der Waals surface area contributed by atoms with Crippen LogP contribution in [0.25, 0.3) is 10.4 Å². The zero-order valence-electron chi connectivity index (χ0n) is 22.1. The maximum atomic E-state index is 12.4. The summed E-state index contributed by atoms with van der Waals surface area (Å²) in [4.78, 5) is 41.4. The Labute approximate surface area is 203 Å². The molecule has 0 aromatic rings. The Bertz CT molecular complexity index is 698. The molecule has 1 unspecified atom stereocenters. The summed E-state index contributed by atoms with van der Waals surface area (Å²) >= 11 is 0. The maximum Gasteiger partial charge on any atom is 0.408 e. The van der Waals surface area contributed by atoms with Gasteiger partial charge in [0.1, 0.15) is 11.7 Å². The van der Waals surface area contributed by atoms with Crippen LogP contribution in [0.5, 0.6) is 0 Å². The number of ketones is 1. The van der Waals surface area contributed by atoms with Crippen molar-refractivity contribution in [3.05, 3.63) is 10.4 Å². The lowest BCUT2D eigenvalue weighted by Gasteiger charge is -2.33. The molecule has 0 heterocycles. The summed E-state index contributed by atoms with van der Waals surface area (Å²) in [7, 11) is 3.87. The molecule has 0 spiro atoms. The molecule has 0 aromatic heterocycles. The number of carbonyl (C=O) groups is 3. The number of rotatable bonds is 15. The van der Waals surface area contributed by atoms with E-state index < -0.39 is 35.3 Å². The van der Waals surface area contributed by atoms with Crippen molar-refractivity contribution in [2.24, 2.45) is 10.5 Å². The van der Waals surface area contributed by atoms with Crippen LogP contribution < -0.4 is 10.6 Å². The van der Waals surface area contributed by atoms with E-state index in [0.717, 1.165) is 6.54 Å². The van der Waals surface area contributed by atoms with Gasteiger partial charge in [0.05, 0.1) is 6.04 Å². The van der Waals surface area contributed by atoms with Crippen molar-refractivity contribution in [3.8, 4) is 0 Å². The topological polar surface area (TPSA) is 146 Å². The van der Waals surface area contributed by atoms with Crippen molar-refractivity contribution < 1.29 is 23.9 Å². The summed E-state index contributed by atoms with van der Waals surface area (Å²) in [6.45, 7) is 12.1. The second-order valence-electron chi connectivity index (χ2n) is 10.3. The van der Waals surface area contributed by atoms with Crippen LogP contribution >= 0.6 is 0 Å². The molecule has 0 aliphatic carbocycles. The third-order valence-corrected chi connectivity index (χ3v) is 5.12. The van der Waals surface area contributed by atoms with Gasteiger partial charge in [0.15, 0.2) is 5.78 Å². The summed E-state index contributed by atoms with van der Waals surface area (Å²) in [5, 5.41) is 9.04. The summed E-state index contributed by atoms with van der Waals surface area (Å²) in [6.07, 6.45) is 1.02. The predicted molar refractivity (Wildman–Crippen MR) is 132 cm³/mol. The quantitative estimate of drug-likeness (QED) is 0.152. The van der Waals surface area contributed by atoms with Crippen molar-refractivity contribution in [3.63, 3.8) is 0 Å². The van der Waals surface area contributed by atoms with Gasteiger partial charge in [0, 0.05) is 36.4 Å². The van der Waals surface area contributed by atoms with E-state index in [1.165, 1.54) is 0 Å². The first-order valence-electron chi connectivity index (χ1n) is 11.8. The van der Waals surface area contributed by atoms with Crippen LogP contribution in [0, 0.1) is 5.41 Å². The Hall–Kier alpha value is -2.52. The summed E-state index contributed by atoms with van der Waals surface area (Å²) in [5.74, 6) is -0.0655. The number of hydrogen-bond acceptors (Lipinski definition) is 7. The number of carbonyl (C=O) groups excluding carboxylic acids is 3. The predicted octanol–water partition coefficient (Wildman–Crippen LogP) is 4.41. The van der Waals surface area contributed by atoms with Gasteiger partial charge in [-0.05, 0) is 66.1 Å². The van der Waals surface area contributed by atoms with Crippen LogP contribution in [0.1, 0.15) is 73.6 Å². The zero-order valence-corrected chi connectivity index (χ0v) is 22.1. The molecule has 0 fully saturated rings. The first-order valence-corrected chi connectivity index (χ1v) is 11.8. The van der Waals surface area contributed by atoms with Crippen LogP contribution in [0.15, 0.2) is 5.11 Å². The number of nitrogens with zero attached hydrogens (tertiary/aromatic N) is 4. The molecule has 11 nitrogen and oxygen atoms in total. The average molecular weight is 485 g/mol. The number of nitrogens with one attached hydrogen (secondary N) is 2. The Balaban J connectivity index is 4.67. The molecule has 34 heavy (non-hydrogen) atoms. The van der Waals surface area contributed by atoms with Crippen molar-refractivity contribution in [2.75, 3.05) is 33.7 Å². The van der Waals surface area contributed by atoms with Crippen LogP contribution in [-0.2, 0) is 14.3 Å². The highest BCUT2D eigenvalue weighted by molar-refractivity contribution is 5.87. The molecule has 2 amide bonds. The van der Waals surface area contributed by atoms with Crippen molar-refractivity contribution in [1.29, 1.82) is 0 Å². The number of ether oxygens (including phenoxy) is 2. The molecular formula is C23H44N6O5. The van der Waals surface area contributed by atoms with E-state index >= 15 is 0 Å². The largest absolute Gasteiger partial charge is 0.446 e. The Morgan fingerprint density at radius 1 is 1.06 bits per heavy atom. The molecule has 11 heteroatoms. The number of Topliss-reactive ketones (excluding diaryl/α,β-unsaturated/α-hetero) is 1. The van der Waals surface area contributed by atoms with E-state index in [1.807, 2.05) is 32.8 Å². The zero-order chi connectivity index (χ0) is 26.4. The van der Waals surface area contributed by atoms with Crippen LogP contribution in [0.4, 0.5) is 9.59 Å². The van der Waals surface area contributed by atoms with Crippen LogP contribution in [0.2, 0.25) is 0 Å². The van der Waals surface area contributed by atoms with Crippen LogP contribution in [-0.4, -0.2) is 74.3 Å². The Kier molecular flexibility index (Phi) is 14.3. The molecule has 2 N–H and O–H groups in total. The molecule has 0 aromatic carbocycles. The fraction of sp³-hybridized carbons (Fsp3) is 0.870. The molecule has 0 saturated carbocycles. The smallest absolute Gasteiger partial charge is 0.408 e. The fourth-order valence-corrected chi connectivity index (χ4v) is 3.14. The maximum absolute atomic E-state index is 12.4. The summed E-state index contributed by atoms with van der Waals surface area (Å²) in [5.41, 5.74) is 7.49. The lowest BCUT2D eigenvalue weighted by atomic mass is 9.84. The van der Waals surface area contributed by atoms with Gasteiger partial charge < -0.3 is 25.0 Å². The summed E-state index contributed by atoms with van der Waals surface area (Å²) < 4.78 is 10.9. The summed E-state index contributed by atoms with van der Waals surface area (Å²) in [6, 6.07) is -0.622. The van der Waals surface area contributed by atoms with Crippen LogP contribution in [0.3, 0.4) is 0 Å². The van der Waals surface area contributed by atoms with Gasteiger partial charge in [-0.1, -0.05) is 25.9 Å². The molecule has 0 bridgehead atoms. The van der Waals surface area contributed by atoms with Gasteiger partial charge >= 0.3 is 12.2 Å². The Morgan fingerprint density at radius 2 is 1.71 bits per heavy atom. The minimum Gasteiger partial charge on any atom is -0.446 e. The third kappa shape index (κ3) is 14.6. The average Bonchev–Trinajstić information content (AvgIpc) is 2.71. The lowest BCUT2D eigenvalue weighted by Crippen LogP contribution is -2.43. The van der Waals surface area contributed by atoms with E-state index in [4.69, 9.17) is 15.0 Å². The third-order valence-electron chi connectivity index (χ3n) is 5.12. The highest BCUT2D eigenvalue weighted by Gasteiger charge is 2.32. The van der Waals surface area contributed by atoms with E-state index in [9.17, 15) is 14.4 Å². The molecule has 2 atom stereocenters. The highest BCUT2D eigenvalue weighted by atomic mass is 16.6. The number of unbranched alkanes of at least 4 members (excludes halogenated alkanes) is 1. The van der Waals surface area contributed by atoms with Gasteiger partial charge in [-0.2, -0.15) is 0 Å². The molecule has 196 valence electrons. The molecule has 0 saturated heterocycles. The van der Waals surface area contributed by atoms with Gasteiger partial charge in [-0.3, -0.25) is 4.79 Å². The standard InChI is InChI=1S/C23H44N6O5/c1-9-18(30)17(27-21(32)34-22(2,3)4)12-10-11-14-25-20(31)33-19(13-15-29(7)8)23(5,6)16-26-28-24/h17,19H,9-16H2,1-8H3,(H,25,31)(H,27,32)/t17-,19?/m0/s1. The molecule has 0 aliphatic heterocycles. The Morgan fingerprint density at radius 3 is 2.24 bits per heavy atom. The van der Waals surface area contributed by atoms with Crippen molar-refractivity contribution in [1.82, 2.24) is 15.5 Å². The second-order valence-corrected chi connectivity index (χ2v) is 10.3. The van der Waals surface area contributed by atoms with Gasteiger partial charge in [-0.25, -0.2) is 9.59 Å². The molecular weight excluding hydrogens is 440 g/mol. The van der Waals surface area contributed by atoms with Gasteiger partial charge in [0.25, 0.3) is 0 Å². The van der Waals surface area contributed by atoms with E-state index in [2.05, 4.69) is 20.7 Å². The number of amides is 2. The number of hydrogen-bond donors (Lipinski definition) is 2. The normalized spacial score (nSPS) is 13.4. The monoisotopic (exact) mass is 484 g/mol. The lowest BCUT2D eigenvalue weighted by molar-refractivity contribution is -0.121. The first kappa shape index (κ1) is 31.5. The van der Waals surface area contributed by atoms with Crippen molar-refractivity contribution in [2.45, 2.75) is 91.4 Å². The molecule has 0 aliphatic rings. The highest BCUT2D eigenvalue weighted by Crippen LogP contribution is 2.27. The minimum atomic E-state index is -0.645. The molecule has 0 rings (SSSR count). The van der Waals surface area contributed by atoms with Gasteiger partial charge in [-0.15, -0.1) is 0 Å². The van der Waals surface area contributed by atoms with Crippen molar-refractivity contribution >= 4 is 18.0 Å². The minimum absolute atomic E-state index is 0.0655. The van der Waals surface area contributed by atoms with E-state index in [1.54, 1.807) is 27.7 Å². The SMILES string of the molecule is CCC(=O)[C@H](CCCCNC(=O)OC(CCN(C)C)C(C)(C)CN=[N+]=[N-])NC(=O)OC(C)(C)C. The second kappa shape index (κ2) is 15.4. The first-order chi connectivity index (χ1) is 15.7. The number of alkyl carbamates (subject to hydrolysis) is 2.